The summed E-state index contributed by atoms with van der Waals surface area (Å²) >= 11 is 0. The summed E-state index contributed by atoms with van der Waals surface area (Å²) in [5, 5.41) is 3.63. The van der Waals surface area contributed by atoms with Crippen LogP contribution in [0.25, 0.3) is 0 Å². The van der Waals surface area contributed by atoms with Crippen LogP contribution in [-0.4, -0.2) is 30.7 Å². The van der Waals surface area contributed by atoms with Crippen LogP contribution in [0.15, 0.2) is 35.5 Å². The third-order valence-electron chi connectivity index (χ3n) is 2.43. The number of ether oxygens (including phenoxy) is 1. The summed E-state index contributed by atoms with van der Waals surface area (Å²) in [6.45, 7) is 0. The molecular formula is C12H11NO4. The molecular weight excluding hydrogens is 222 g/mol. The van der Waals surface area contributed by atoms with Gasteiger partial charge in [-0.15, -0.1) is 0 Å². The first kappa shape index (κ1) is 11.3. The Morgan fingerprint density at radius 2 is 2.06 bits per heavy atom. The second-order valence-electron chi connectivity index (χ2n) is 3.55. The van der Waals surface area contributed by atoms with E-state index in [-0.39, 0.29) is 17.9 Å². The van der Waals surface area contributed by atoms with E-state index in [1.54, 1.807) is 24.3 Å². The van der Waals surface area contributed by atoms with E-state index >= 15 is 0 Å². The zero-order valence-corrected chi connectivity index (χ0v) is 9.25. The van der Waals surface area contributed by atoms with Crippen LogP contribution in [-0.2, 0) is 14.4 Å². The summed E-state index contributed by atoms with van der Waals surface area (Å²) in [5.41, 5.74) is 0.770. The van der Waals surface area contributed by atoms with Crippen LogP contribution < -0.4 is 0 Å². The number of carbonyl (C=O) groups is 2. The van der Waals surface area contributed by atoms with Gasteiger partial charge in [-0.25, -0.2) is 4.79 Å². The summed E-state index contributed by atoms with van der Waals surface area (Å²) in [5.74, 6) is -0.749. The number of ketones is 1. The van der Waals surface area contributed by atoms with E-state index in [9.17, 15) is 9.59 Å². The summed E-state index contributed by atoms with van der Waals surface area (Å²) < 4.78 is 4.52. The molecule has 5 nitrogen and oxygen atoms in total. The topological polar surface area (TPSA) is 65.0 Å². The van der Waals surface area contributed by atoms with Gasteiger partial charge >= 0.3 is 5.97 Å². The van der Waals surface area contributed by atoms with Gasteiger partial charge in [0, 0.05) is 12.0 Å². The van der Waals surface area contributed by atoms with Gasteiger partial charge in [0.2, 0.25) is 11.9 Å². The molecule has 0 aliphatic carbocycles. The molecule has 0 fully saturated rings. The van der Waals surface area contributed by atoms with Crippen molar-refractivity contribution in [1.29, 1.82) is 0 Å². The van der Waals surface area contributed by atoms with Crippen molar-refractivity contribution in [2.45, 2.75) is 12.5 Å². The number of hydrogen-bond donors (Lipinski definition) is 0. The van der Waals surface area contributed by atoms with Crippen LogP contribution in [0.1, 0.15) is 16.8 Å². The molecule has 0 radical (unpaired) electrons. The fourth-order valence-corrected chi connectivity index (χ4v) is 1.53. The summed E-state index contributed by atoms with van der Waals surface area (Å²) in [6, 6.07) is 8.73. The van der Waals surface area contributed by atoms with E-state index in [0.717, 1.165) is 0 Å². The minimum atomic E-state index is -0.803. The molecule has 0 aromatic heterocycles. The van der Waals surface area contributed by atoms with Crippen molar-refractivity contribution >= 4 is 17.5 Å². The number of Topliss-reactive ketones (excluding diaryl/α,β-unsaturated/α-hetero) is 1. The van der Waals surface area contributed by atoms with Gasteiger partial charge in [-0.05, 0) is 0 Å². The fourth-order valence-electron chi connectivity index (χ4n) is 1.53. The highest BCUT2D eigenvalue weighted by molar-refractivity contribution is 6.46. The van der Waals surface area contributed by atoms with E-state index < -0.39 is 12.1 Å². The van der Waals surface area contributed by atoms with Crippen LogP contribution in [0.3, 0.4) is 0 Å². The summed E-state index contributed by atoms with van der Waals surface area (Å²) in [7, 11) is 1.27. The van der Waals surface area contributed by atoms with Gasteiger partial charge in [0.1, 0.15) is 5.71 Å². The standard InChI is InChI=1S/C12H11NO4/c1-16-12(15)10-7-9(13-17-10)11(14)8-5-3-2-4-6-8/h2-6,10H,7H2,1H3/t10-/m1/s1. The Morgan fingerprint density at radius 3 is 2.71 bits per heavy atom. The van der Waals surface area contributed by atoms with E-state index in [1.165, 1.54) is 7.11 Å². The highest BCUT2D eigenvalue weighted by atomic mass is 16.7. The number of benzene rings is 1. The lowest BCUT2D eigenvalue weighted by molar-refractivity contribution is -0.152. The Kier molecular flexibility index (Phi) is 3.18. The van der Waals surface area contributed by atoms with E-state index in [2.05, 4.69) is 9.89 Å². The predicted molar refractivity (Wildman–Crippen MR) is 59.7 cm³/mol. The molecule has 5 heteroatoms. The van der Waals surface area contributed by atoms with Crippen molar-refractivity contribution in [1.82, 2.24) is 0 Å². The Hall–Kier alpha value is -2.17. The van der Waals surface area contributed by atoms with Gasteiger partial charge in [0.05, 0.1) is 7.11 Å². The SMILES string of the molecule is COC(=O)[C@H]1CC(C(=O)c2ccccc2)=NO1. The van der Waals surface area contributed by atoms with Gasteiger partial charge in [0.25, 0.3) is 0 Å². The molecule has 1 heterocycles. The molecule has 17 heavy (non-hydrogen) atoms. The van der Waals surface area contributed by atoms with E-state index in [1.807, 2.05) is 6.07 Å². The van der Waals surface area contributed by atoms with Gasteiger partial charge in [-0.3, -0.25) is 4.79 Å². The summed E-state index contributed by atoms with van der Waals surface area (Å²) in [4.78, 5) is 28.0. The highest BCUT2D eigenvalue weighted by Gasteiger charge is 2.32. The average molecular weight is 233 g/mol. The average Bonchev–Trinajstić information content (AvgIpc) is 2.87. The third kappa shape index (κ3) is 2.33. The van der Waals surface area contributed by atoms with Crippen molar-refractivity contribution in [2.24, 2.45) is 5.16 Å². The smallest absolute Gasteiger partial charge is 0.350 e. The largest absolute Gasteiger partial charge is 0.466 e. The molecule has 1 atom stereocenters. The maximum Gasteiger partial charge on any atom is 0.350 e. The molecule has 1 aliphatic heterocycles. The Balaban J connectivity index is 2.07. The van der Waals surface area contributed by atoms with Crippen LogP contribution in [0.5, 0.6) is 0 Å². The van der Waals surface area contributed by atoms with Gasteiger partial charge in [-0.2, -0.15) is 0 Å². The first-order valence-electron chi connectivity index (χ1n) is 5.12. The second-order valence-corrected chi connectivity index (χ2v) is 3.55. The number of rotatable bonds is 3. The Morgan fingerprint density at radius 1 is 1.35 bits per heavy atom. The van der Waals surface area contributed by atoms with Crippen LogP contribution in [0.2, 0.25) is 0 Å². The summed E-state index contributed by atoms with van der Waals surface area (Å²) in [6.07, 6.45) is -0.650. The third-order valence-corrected chi connectivity index (χ3v) is 2.43. The van der Waals surface area contributed by atoms with E-state index in [4.69, 9.17) is 4.84 Å². The van der Waals surface area contributed by atoms with Crippen molar-refractivity contribution in [3.63, 3.8) is 0 Å². The lowest BCUT2D eigenvalue weighted by atomic mass is 10.0. The molecule has 2 rings (SSSR count). The number of methoxy groups -OCH3 is 1. The second kappa shape index (κ2) is 4.78. The normalized spacial score (nSPS) is 18.2. The lowest BCUT2D eigenvalue weighted by Gasteiger charge is -2.03. The fraction of sp³-hybridized carbons (Fsp3) is 0.250. The molecule has 1 aliphatic rings. The first-order valence-corrected chi connectivity index (χ1v) is 5.12. The number of oxime groups is 1. The number of carbonyl (C=O) groups excluding carboxylic acids is 2. The maximum atomic E-state index is 11.9. The zero-order chi connectivity index (χ0) is 12.3. The van der Waals surface area contributed by atoms with Crippen molar-refractivity contribution < 1.29 is 19.2 Å². The number of nitrogens with zero attached hydrogens (tertiary/aromatic N) is 1. The van der Waals surface area contributed by atoms with Crippen molar-refractivity contribution in [2.75, 3.05) is 7.11 Å². The Labute approximate surface area is 98.0 Å². The van der Waals surface area contributed by atoms with Crippen LogP contribution in [0.4, 0.5) is 0 Å². The van der Waals surface area contributed by atoms with Crippen LogP contribution in [0, 0.1) is 0 Å². The van der Waals surface area contributed by atoms with Gasteiger partial charge in [-0.1, -0.05) is 35.5 Å². The zero-order valence-electron chi connectivity index (χ0n) is 9.25. The molecule has 0 spiro atoms. The molecule has 0 saturated heterocycles. The lowest BCUT2D eigenvalue weighted by Crippen LogP contribution is -2.24. The quantitative estimate of drug-likeness (QED) is 0.581. The number of hydrogen-bond acceptors (Lipinski definition) is 5. The first-order chi connectivity index (χ1) is 8.22. The van der Waals surface area contributed by atoms with E-state index in [0.29, 0.717) is 5.56 Å². The van der Waals surface area contributed by atoms with Gasteiger partial charge < -0.3 is 9.57 Å². The Bertz CT molecular complexity index is 467. The van der Waals surface area contributed by atoms with Gasteiger partial charge in [0.15, 0.2) is 0 Å². The molecule has 0 N–H and O–H groups in total. The van der Waals surface area contributed by atoms with Crippen LogP contribution >= 0.6 is 0 Å². The molecule has 88 valence electrons. The van der Waals surface area contributed by atoms with Crippen molar-refractivity contribution in [3.05, 3.63) is 35.9 Å². The molecule has 1 aromatic rings. The molecule has 0 bridgehead atoms. The number of esters is 1. The predicted octanol–water partition coefficient (Wildman–Crippen LogP) is 1.19. The molecule has 0 unspecified atom stereocenters. The molecule has 0 amide bonds. The minimum absolute atomic E-state index is 0.153. The maximum absolute atomic E-state index is 11.9. The molecule has 1 aromatic carbocycles. The molecule has 0 saturated carbocycles. The minimum Gasteiger partial charge on any atom is -0.466 e. The van der Waals surface area contributed by atoms with Crippen molar-refractivity contribution in [3.8, 4) is 0 Å². The monoisotopic (exact) mass is 233 g/mol. The highest BCUT2D eigenvalue weighted by Crippen LogP contribution is 2.15.